The van der Waals surface area contributed by atoms with Crippen LogP contribution < -0.4 is 26.6 Å². The second-order valence-electron chi connectivity index (χ2n) is 3.48. The number of carbonyl (C=O) groups is 4. The predicted octanol–water partition coefficient (Wildman–Crippen LogP) is -7.85. The van der Waals surface area contributed by atoms with Crippen LogP contribution >= 0.6 is 0 Å². The van der Waals surface area contributed by atoms with Crippen LogP contribution in [-0.2, 0) is 38.5 Å². The Bertz CT molecular complexity index is 501. The van der Waals surface area contributed by atoms with E-state index in [0.717, 1.165) is 0 Å². The van der Waals surface area contributed by atoms with Gasteiger partial charge in [-0.2, -0.15) is 0 Å². The zero-order valence-corrected chi connectivity index (χ0v) is 19.4. The molecule has 0 aromatic heterocycles. The molecule has 0 saturated heterocycles. The standard InChI is InChI=1S/4C2H3NO5.Ce.H3N/c4*4-2(5)1-8-3(6)7;;/h4*1H2,(H,4,5);;1H3/q;;;;+3;/p-3. The number of carboxylic acids is 4. The molecule has 0 amide bonds. The molecule has 0 aliphatic rings. The van der Waals surface area contributed by atoms with Crippen molar-refractivity contribution in [1.29, 1.82) is 0 Å². The number of quaternary nitrogens is 1. The van der Waals surface area contributed by atoms with Gasteiger partial charge in [0.05, 0.1) is 23.9 Å². The van der Waals surface area contributed by atoms with E-state index in [4.69, 9.17) is 0 Å². The second-order valence-corrected chi connectivity index (χ2v) is 3.48. The summed E-state index contributed by atoms with van der Waals surface area (Å²) in [5.74, 6) is -6.44. The first-order chi connectivity index (χ1) is 14.5. The maximum absolute atomic E-state index is 9.36. The van der Waals surface area contributed by atoms with E-state index in [1.54, 1.807) is 0 Å². The van der Waals surface area contributed by atoms with Crippen LogP contribution in [0.25, 0.3) is 0 Å². The number of nitrogens with zero attached hydrogens (tertiary/aromatic N) is 4. The summed E-state index contributed by atoms with van der Waals surface area (Å²) in [6.45, 7) is -4.03. The number of hydrogen-bond acceptors (Lipinski definition) is 20. The number of aliphatic carboxylic acids is 4. The van der Waals surface area contributed by atoms with Gasteiger partial charge in [-0.3, -0.25) is 0 Å². The van der Waals surface area contributed by atoms with Crippen molar-refractivity contribution in [2.75, 3.05) is 26.4 Å². The van der Waals surface area contributed by atoms with E-state index in [2.05, 4.69) is 19.4 Å². The van der Waals surface area contributed by atoms with Crippen molar-refractivity contribution in [3.63, 3.8) is 0 Å². The van der Waals surface area contributed by atoms with Crippen molar-refractivity contribution >= 4 is 23.9 Å². The Kier molecular flexibility index (Phi) is 37.4. The van der Waals surface area contributed by atoms with E-state index < -0.39 is 70.7 Å². The minimum Gasteiger partial charge on any atom is -0.548 e. The van der Waals surface area contributed by atoms with E-state index in [1.165, 1.54) is 0 Å². The first-order valence-electron chi connectivity index (χ1n) is 6.39. The fraction of sp³-hybridized carbons (Fsp3) is 0.500. The molecule has 0 aromatic rings. The third kappa shape index (κ3) is 79.7. The Balaban J connectivity index is -0.0000000754. The fourth-order valence-corrected chi connectivity index (χ4v) is 0.422. The summed E-state index contributed by atoms with van der Waals surface area (Å²) in [5, 5.41) is 69.4. The van der Waals surface area contributed by atoms with Crippen LogP contribution in [0.1, 0.15) is 0 Å². The van der Waals surface area contributed by atoms with Gasteiger partial charge in [0.25, 0.3) is 20.3 Å². The zero-order valence-electron chi connectivity index (χ0n) is 16.3. The molecule has 4 N–H and O–H groups in total. The third-order valence-corrected chi connectivity index (χ3v) is 1.15. The molecule has 25 nitrogen and oxygen atoms in total. The van der Waals surface area contributed by atoms with Gasteiger partial charge in [-0.15, -0.1) is 40.5 Å². The van der Waals surface area contributed by atoms with Gasteiger partial charge in [-0.1, -0.05) is 0 Å². The van der Waals surface area contributed by atoms with Crippen LogP contribution in [-0.4, -0.2) is 70.7 Å². The quantitative estimate of drug-likeness (QED) is 0.153. The molecular weight excluding hydrogens is 626 g/mol. The Labute approximate surface area is 217 Å². The van der Waals surface area contributed by atoms with Gasteiger partial charge in [0.1, 0.15) is 26.4 Å². The molecule has 0 aliphatic heterocycles. The van der Waals surface area contributed by atoms with Crippen LogP contribution in [0.4, 0.5) is 0 Å². The zero-order chi connectivity index (χ0) is 26.3. The summed E-state index contributed by atoms with van der Waals surface area (Å²) < 4.78 is 0. The molecule has 0 aromatic carbocycles. The maximum atomic E-state index is 9.36. The molecule has 34 heavy (non-hydrogen) atoms. The molecular formula is C8H12CeN5O20. The second kappa shape index (κ2) is 29.0. The Hall–Kier alpha value is -3.98. The van der Waals surface area contributed by atoms with E-state index in [-0.39, 0.29) is 47.9 Å². The van der Waals surface area contributed by atoms with Crippen molar-refractivity contribution < 1.29 is 121 Å². The molecule has 193 valence electrons. The molecule has 0 bridgehead atoms. The third-order valence-electron chi connectivity index (χ3n) is 1.15. The van der Waals surface area contributed by atoms with E-state index in [0.29, 0.717) is 0 Å². The van der Waals surface area contributed by atoms with Gasteiger partial charge >= 0.3 is 41.7 Å². The molecule has 0 unspecified atom stereocenters. The summed E-state index contributed by atoms with van der Waals surface area (Å²) in [6, 6.07) is 0. The van der Waals surface area contributed by atoms with Gasteiger partial charge in [-0.05, 0) is 0 Å². The van der Waals surface area contributed by atoms with Crippen LogP contribution in [0.2, 0.25) is 0 Å². The molecule has 0 saturated carbocycles. The smallest absolute Gasteiger partial charge is 0.548 e. The number of hydrogen-bond donors (Lipinski definition) is 1. The van der Waals surface area contributed by atoms with Gasteiger partial charge in [0, 0.05) is 0 Å². The predicted molar refractivity (Wildman–Crippen MR) is 77.8 cm³/mol. The molecule has 0 fully saturated rings. The normalized spacial score (nSPS) is 7.53. The first-order valence-corrected chi connectivity index (χ1v) is 6.39. The van der Waals surface area contributed by atoms with Gasteiger partial charge in [0.15, 0.2) is 0 Å². The fourth-order valence-electron chi connectivity index (χ4n) is 0.422. The molecule has 26 heteroatoms. The SMILES string of the molecule is O=C([O-])CO[N+](=O)[O-].O=C([O-])CO[N+](=O)[O-].O=C([O-])CO[N+](=O)[O-].O=C([O-])CO[N+](=O)[O-].[Ce+3].[NH4+]. The molecule has 0 heterocycles. The Morgan fingerprint density at radius 1 is 0.471 bits per heavy atom. The largest absolute Gasteiger partial charge is 3.00 e. The average molecular weight is 638 g/mol. The summed E-state index contributed by atoms with van der Waals surface area (Å²) in [6.07, 6.45) is 0. The summed E-state index contributed by atoms with van der Waals surface area (Å²) in [4.78, 5) is 87.7. The maximum Gasteiger partial charge on any atom is 3.00 e. The molecule has 0 rings (SSSR count). The van der Waals surface area contributed by atoms with Gasteiger partial charge in [0.2, 0.25) is 0 Å². The summed E-state index contributed by atoms with van der Waals surface area (Å²) in [7, 11) is 0. The number of carbonyl (C=O) groups excluding carboxylic acids is 4. The van der Waals surface area contributed by atoms with Crippen LogP contribution in [0, 0.1) is 82.2 Å². The van der Waals surface area contributed by atoms with Crippen LogP contribution in [0.3, 0.4) is 0 Å². The Morgan fingerprint density at radius 3 is 0.618 bits per heavy atom. The Morgan fingerprint density at radius 2 is 0.588 bits per heavy atom. The number of carboxylic acid groups (broad SMARTS) is 4. The van der Waals surface area contributed by atoms with Crippen LogP contribution in [0.5, 0.6) is 0 Å². The average Bonchev–Trinajstić information content (AvgIpc) is 2.63. The van der Waals surface area contributed by atoms with Crippen molar-refractivity contribution in [2.24, 2.45) is 0 Å². The van der Waals surface area contributed by atoms with Gasteiger partial charge in [-0.25, -0.2) is 0 Å². The molecule has 0 atom stereocenters. The molecule has 0 aliphatic carbocycles. The summed E-state index contributed by atoms with van der Waals surface area (Å²) in [5.41, 5.74) is 0. The van der Waals surface area contributed by atoms with E-state index in [1.807, 2.05) is 0 Å². The topological polar surface area (TPSA) is 406 Å². The van der Waals surface area contributed by atoms with E-state index >= 15 is 0 Å². The minimum atomic E-state index is -1.61. The van der Waals surface area contributed by atoms with Crippen molar-refractivity contribution in [1.82, 2.24) is 6.15 Å². The monoisotopic (exact) mass is 638 g/mol. The minimum absolute atomic E-state index is 0. The van der Waals surface area contributed by atoms with Crippen molar-refractivity contribution in [2.45, 2.75) is 0 Å². The van der Waals surface area contributed by atoms with Crippen LogP contribution in [0.15, 0.2) is 0 Å². The molecule has 0 spiro atoms. The van der Waals surface area contributed by atoms with E-state index in [9.17, 15) is 80.1 Å². The van der Waals surface area contributed by atoms with Gasteiger partial charge < -0.3 is 65.1 Å². The first kappa shape index (κ1) is 43.8. The van der Waals surface area contributed by atoms with Crippen molar-refractivity contribution in [3.05, 3.63) is 40.5 Å². The number of rotatable bonds is 12. The van der Waals surface area contributed by atoms with Crippen molar-refractivity contribution in [3.8, 4) is 0 Å². The summed E-state index contributed by atoms with van der Waals surface area (Å²) >= 11 is 0. The molecule has 1 radical (unpaired) electrons.